The number of hydrogen-bond acceptors (Lipinski definition) is 3. The Morgan fingerprint density at radius 1 is 1.10 bits per heavy atom. The quantitative estimate of drug-likeness (QED) is 0.844. The molecule has 2 rings (SSSR count). The van der Waals surface area contributed by atoms with Crippen LogP contribution in [-0.4, -0.2) is 28.5 Å². The number of carbonyl (C=O) groups excluding carboxylic acids is 1. The molecule has 2 N–H and O–H groups in total. The highest BCUT2D eigenvalue weighted by Gasteiger charge is 2.20. The van der Waals surface area contributed by atoms with Crippen molar-refractivity contribution in [3.63, 3.8) is 0 Å². The smallest absolute Gasteiger partial charge is 0.312 e. The highest BCUT2D eigenvalue weighted by atomic mass is 16.4. The van der Waals surface area contributed by atoms with Crippen LogP contribution in [0.1, 0.15) is 17.2 Å². The van der Waals surface area contributed by atoms with Gasteiger partial charge in [0.05, 0.1) is 12.3 Å². The van der Waals surface area contributed by atoms with Crippen molar-refractivity contribution in [1.29, 1.82) is 0 Å². The van der Waals surface area contributed by atoms with Crippen LogP contribution in [0.3, 0.4) is 0 Å². The number of amides is 1. The number of rotatable bonds is 6. The summed E-state index contributed by atoms with van der Waals surface area (Å²) in [7, 11) is 0. The van der Waals surface area contributed by atoms with Gasteiger partial charge in [0.2, 0.25) is 5.91 Å². The number of carbonyl (C=O) groups is 2. The van der Waals surface area contributed by atoms with E-state index < -0.39 is 11.9 Å². The molecule has 21 heavy (non-hydrogen) atoms. The van der Waals surface area contributed by atoms with Crippen molar-refractivity contribution in [1.82, 2.24) is 10.3 Å². The zero-order valence-corrected chi connectivity index (χ0v) is 11.4. The van der Waals surface area contributed by atoms with Crippen molar-refractivity contribution in [3.05, 3.63) is 66.0 Å². The van der Waals surface area contributed by atoms with E-state index in [0.29, 0.717) is 11.3 Å². The van der Waals surface area contributed by atoms with E-state index in [1.165, 1.54) is 0 Å². The highest BCUT2D eigenvalue weighted by molar-refractivity contribution is 5.80. The Morgan fingerprint density at radius 3 is 2.43 bits per heavy atom. The van der Waals surface area contributed by atoms with Crippen LogP contribution in [0, 0.1) is 0 Å². The number of carboxylic acids is 1. The molecule has 5 nitrogen and oxygen atoms in total. The van der Waals surface area contributed by atoms with Crippen molar-refractivity contribution in [2.75, 3.05) is 6.54 Å². The van der Waals surface area contributed by atoms with Gasteiger partial charge in [-0.2, -0.15) is 0 Å². The van der Waals surface area contributed by atoms with Gasteiger partial charge in [0, 0.05) is 18.4 Å². The van der Waals surface area contributed by atoms with Gasteiger partial charge in [-0.3, -0.25) is 14.6 Å². The van der Waals surface area contributed by atoms with Gasteiger partial charge >= 0.3 is 5.97 Å². The van der Waals surface area contributed by atoms with Crippen molar-refractivity contribution < 1.29 is 14.7 Å². The second-order valence-electron chi connectivity index (χ2n) is 4.60. The van der Waals surface area contributed by atoms with Gasteiger partial charge in [-0.25, -0.2) is 0 Å². The largest absolute Gasteiger partial charge is 0.481 e. The van der Waals surface area contributed by atoms with Gasteiger partial charge in [-0.15, -0.1) is 0 Å². The average Bonchev–Trinajstić information content (AvgIpc) is 2.49. The molecule has 1 unspecified atom stereocenters. The molecule has 0 fully saturated rings. The Balaban J connectivity index is 1.93. The third-order valence-corrected chi connectivity index (χ3v) is 3.07. The van der Waals surface area contributed by atoms with E-state index >= 15 is 0 Å². The van der Waals surface area contributed by atoms with E-state index in [1.807, 2.05) is 6.07 Å². The number of benzene rings is 1. The SMILES string of the molecule is O=C(Cc1ccccn1)NCC(C(=O)O)c1ccccc1. The molecule has 0 aliphatic carbocycles. The Bertz CT molecular complexity index is 599. The van der Waals surface area contributed by atoms with Crippen LogP contribution in [-0.2, 0) is 16.0 Å². The zero-order valence-electron chi connectivity index (χ0n) is 11.4. The molecule has 2 aromatic rings. The van der Waals surface area contributed by atoms with Crippen LogP contribution in [0.2, 0.25) is 0 Å². The average molecular weight is 284 g/mol. The fraction of sp³-hybridized carbons (Fsp3) is 0.188. The molecular weight excluding hydrogens is 268 g/mol. The molecule has 1 heterocycles. The van der Waals surface area contributed by atoms with Crippen molar-refractivity contribution in [3.8, 4) is 0 Å². The predicted octanol–water partition coefficient (Wildman–Crippen LogP) is 1.61. The molecule has 0 saturated heterocycles. The Hall–Kier alpha value is -2.69. The molecule has 5 heteroatoms. The second-order valence-corrected chi connectivity index (χ2v) is 4.60. The van der Waals surface area contributed by atoms with Crippen LogP contribution >= 0.6 is 0 Å². The standard InChI is InChI=1S/C16H16N2O3/c19-15(10-13-8-4-5-9-17-13)18-11-14(16(20)21)12-6-2-1-3-7-12/h1-9,14H,10-11H2,(H,18,19)(H,20,21). The number of aliphatic carboxylic acids is 1. The van der Waals surface area contributed by atoms with Gasteiger partial charge < -0.3 is 10.4 Å². The molecule has 0 bridgehead atoms. The summed E-state index contributed by atoms with van der Waals surface area (Å²) in [5.41, 5.74) is 1.32. The van der Waals surface area contributed by atoms with E-state index in [-0.39, 0.29) is 18.9 Å². The minimum atomic E-state index is -0.959. The zero-order chi connectivity index (χ0) is 15.1. The summed E-state index contributed by atoms with van der Waals surface area (Å²) in [6.07, 6.45) is 1.76. The van der Waals surface area contributed by atoms with Crippen LogP contribution in [0.4, 0.5) is 0 Å². The molecule has 0 saturated carbocycles. The predicted molar refractivity (Wildman–Crippen MR) is 77.8 cm³/mol. The second kappa shape index (κ2) is 7.19. The van der Waals surface area contributed by atoms with Gasteiger partial charge in [-0.1, -0.05) is 36.4 Å². The van der Waals surface area contributed by atoms with Gasteiger partial charge in [0.25, 0.3) is 0 Å². The lowest BCUT2D eigenvalue weighted by Gasteiger charge is -2.13. The van der Waals surface area contributed by atoms with E-state index in [0.717, 1.165) is 0 Å². The number of aromatic nitrogens is 1. The van der Waals surface area contributed by atoms with Gasteiger partial charge in [-0.05, 0) is 17.7 Å². The minimum absolute atomic E-state index is 0.0605. The summed E-state index contributed by atoms with van der Waals surface area (Å²) in [5, 5.41) is 11.9. The fourth-order valence-electron chi connectivity index (χ4n) is 1.98. The summed E-state index contributed by atoms with van der Waals surface area (Å²) in [6.45, 7) is 0.0605. The highest BCUT2D eigenvalue weighted by Crippen LogP contribution is 2.14. The third kappa shape index (κ3) is 4.42. The monoisotopic (exact) mass is 284 g/mol. The topological polar surface area (TPSA) is 79.3 Å². The normalized spacial score (nSPS) is 11.6. The summed E-state index contributed by atoms with van der Waals surface area (Å²) < 4.78 is 0. The molecule has 0 aliphatic heterocycles. The van der Waals surface area contributed by atoms with Crippen molar-refractivity contribution in [2.24, 2.45) is 0 Å². The molecule has 1 aromatic carbocycles. The first-order valence-corrected chi connectivity index (χ1v) is 6.61. The number of nitrogens with one attached hydrogen (secondary N) is 1. The van der Waals surface area contributed by atoms with Crippen molar-refractivity contribution >= 4 is 11.9 Å². The molecule has 0 spiro atoms. The third-order valence-electron chi connectivity index (χ3n) is 3.07. The Kier molecular flexibility index (Phi) is 5.04. The minimum Gasteiger partial charge on any atom is -0.481 e. The summed E-state index contributed by atoms with van der Waals surface area (Å²) >= 11 is 0. The molecule has 108 valence electrons. The number of carboxylic acid groups (broad SMARTS) is 1. The number of pyridine rings is 1. The summed E-state index contributed by atoms with van der Waals surface area (Å²) in [6, 6.07) is 14.2. The molecule has 0 aliphatic rings. The van der Waals surface area contributed by atoms with E-state index in [9.17, 15) is 14.7 Å². The Labute approximate surface area is 122 Å². The maximum atomic E-state index is 11.8. The molecule has 0 radical (unpaired) electrons. The van der Waals surface area contributed by atoms with E-state index in [1.54, 1.807) is 48.7 Å². The Morgan fingerprint density at radius 2 is 1.81 bits per heavy atom. The van der Waals surface area contributed by atoms with Crippen LogP contribution in [0.5, 0.6) is 0 Å². The fourth-order valence-corrected chi connectivity index (χ4v) is 1.98. The maximum absolute atomic E-state index is 11.8. The van der Waals surface area contributed by atoms with Crippen LogP contribution in [0.15, 0.2) is 54.7 Å². The summed E-state index contributed by atoms with van der Waals surface area (Å²) in [5.74, 6) is -1.95. The first-order valence-electron chi connectivity index (χ1n) is 6.61. The van der Waals surface area contributed by atoms with E-state index in [2.05, 4.69) is 10.3 Å². The van der Waals surface area contributed by atoms with Gasteiger partial charge in [0.15, 0.2) is 0 Å². The lowest BCUT2D eigenvalue weighted by atomic mass is 9.99. The van der Waals surface area contributed by atoms with E-state index in [4.69, 9.17) is 0 Å². The molecular formula is C16H16N2O3. The first kappa shape index (κ1) is 14.7. The van der Waals surface area contributed by atoms with Crippen LogP contribution in [0.25, 0.3) is 0 Å². The molecule has 1 aromatic heterocycles. The molecule has 1 atom stereocenters. The van der Waals surface area contributed by atoms with Gasteiger partial charge in [0.1, 0.15) is 0 Å². The lowest BCUT2D eigenvalue weighted by Crippen LogP contribution is -2.32. The number of nitrogens with zero attached hydrogens (tertiary/aromatic N) is 1. The lowest BCUT2D eigenvalue weighted by molar-refractivity contribution is -0.138. The molecule has 1 amide bonds. The summed E-state index contributed by atoms with van der Waals surface area (Å²) in [4.78, 5) is 27.2. The first-order chi connectivity index (χ1) is 10.2. The van der Waals surface area contributed by atoms with Crippen LogP contribution < -0.4 is 5.32 Å². The maximum Gasteiger partial charge on any atom is 0.312 e. The van der Waals surface area contributed by atoms with Crippen molar-refractivity contribution in [2.45, 2.75) is 12.3 Å². The number of hydrogen-bond donors (Lipinski definition) is 2.